The van der Waals surface area contributed by atoms with E-state index in [9.17, 15) is 19.4 Å². The second-order valence-electron chi connectivity index (χ2n) is 19.6. The first-order valence-electron chi connectivity index (χ1n) is 26.4. The van der Waals surface area contributed by atoms with Gasteiger partial charge in [-0.15, -0.1) is 0 Å². The predicted octanol–water partition coefficient (Wildman–Crippen LogP) is 15.3. The molecule has 0 aliphatic rings. The van der Waals surface area contributed by atoms with Crippen LogP contribution in [-0.2, 0) is 18.4 Å². The fourth-order valence-corrected chi connectivity index (χ4v) is 8.90. The zero-order valence-corrected chi connectivity index (χ0v) is 41.9. The number of carbonyl (C=O) groups excluding carboxylic acids is 1. The van der Waals surface area contributed by atoms with Crippen molar-refractivity contribution in [3.05, 3.63) is 0 Å². The van der Waals surface area contributed by atoms with Crippen LogP contribution in [0, 0.1) is 0 Å². The Morgan fingerprint density at radius 1 is 0.500 bits per heavy atom. The molecule has 0 spiro atoms. The first-order chi connectivity index (χ1) is 29.0. The molecular weight excluding hydrogens is 768 g/mol. The van der Waals surface area contributed by atoms with Gasteiger partial charge in [-0.1, -0.05) is 251 Å². The second-order valence-corrected chi connectivity index (χ2v) is 21.1. The standard InChI is InChI=1S/C51H105N2O6P/c1-6-8-10-12-13-14-15-16-17-18-19-20-21-22-23-24-25-26-27-28-29-30-31-32-33-34-35-36-37-38-39-40-41-43-45-51(55)52-49(50(54)44-42-11-9-7-2)48-59-60(56,57)58-47-46-53(3,4)5/h49-50,54H,6-48H2,1-5H3,(H-,52,55,56,57)/p+1. The van der Waals surface area contributed by atoms with E-state index in [2.05, 4.69) is 19.2 Å². The molecule has 0 saturated carbocycles. The Morgan fingerprint density at radius 3 is 1.12 bits per heavy atom. The van der Waals surface area contributed by atoms with Crippen LogP contribution in [-0.4, -0.2) is 73.4 Å². The van der Waals surface area contributed by atoms with Gasteiger partial charge in [0.05, 0.1) is 39.9 Å². The Hall–Kier alpha value is -0.500. The van der Waals surface area contributed by atoms with Crippen LogP contribution in [0.1, 0.15) is 271 Å². The van der Waals surface area contributed by atoms with E-state index in [4.69, 9.17) is 9.05 Å². The lowest BCUT2D eigenvalue weighted by molar-refractivity contribution is -0.870. The van der Waals surface area contributed by atoms with Crippen molar-refractivity contribution in [3.63, 3.8) is 0 Å². The van der Waals surface area contributed by atoms with Crippen LogP contribution in [0.5, 0.6) is 0 Å². The van der Waals surface area contributed by atoms with E-state index in [-0.39, 0.29) is 19.1 Å². The van der Waals surface area contributed by atoms with Gasteiger partial charge in [0.1, 0.15) is 13.2 Å². The number of phosphoric ester groups is 1. The fourth-order valence-electron chi connectivity index (χ4n) is 8.17. The molecule has 9 heteroatoms. The van der Waals surface area contributed by atoms with E-state index in [0.717, 1.165) is 44.9 Å². The highest BCUT2D eigenvalue weighted by Crippen LogP contribution is 2.43. The highest BCUT2D eigenvalue weighted by Gasteiger charge is 2.28. The number of nitrogens with one attached hydrogen (secondary N) is 1. The molecule has 1 amide bonds. The Bertz CT molecular complexity index is 947. The van der Waals surface area contributed by atoms with Gasteiger partial charge in [-0.3, -0.25) is 13.8 Å². The molecule has 0 bridgehead atoms. The molecule has 360 valence electrons. The summed E-state index contributed by atoms with van der Waals surface area (Å²) in [5.74, 6) is -0.147. The summed E-state index contributed by atoms with van der Waals surface area (Å²) < 4.78 is 23.4. The minimum Gasteiger partial charge on any atom is -0.391 e. The van der Waals surface area contributed by atoms with E-state index in [0.29, 0.717) is 23.9 Å². The molecule has 3 unspecified atom stereocenters. The minimum absolute atomic E-state index is 0.0770. The number of hydrogen-bond acceptors (Lipinski definition) is 5. The Kier molecular flexibility index (Phi) is 43.4. The average molecular weight is 874 g/mol. The highest BCUT2D eigenvalue weighted by molar-refractivity contribution is 7.47. The number of hydrogen-bond donors (Lipinski definition) is 3. The maximum atomic E-state index is 12.8. The summed E-state index contributed by atoms with van der Waals surface area (Å²) in [6.07, 6.45) is 51.1. The van der Waals surface area contributed by atoms with Crippen molar-refractivity contribution >= 4 is 13.7 Å². The van der Waals surface area contributed by atoms with E-state index in [1.165, 1.54) is 199 Å². The lowest BCUT2D eigenvalue weighted by Gasteiger charge is -2.26. The molecule has 0 saturated heterocycles. The van der Waals surface area contributed by atoms with E-state index in [1.807, 2.05) is 21.1 Å². The molecule has 8 nitrogen and oxygen atoms in total. The maximum Gasteiger partial charge on any atom is 0.472 e. The van der Waals surface area contributed by atoms with Gasteiger partial charge in [0, 0.05) is 6.42 Å². The monoisotopic (exact) mass is 874 g/mol. The van der Waals surface area contributed by atoms with Crippen LogP contribution < -0.4 is 5.32 Å². The molecule has 0 aliphatic heterocycles. The summed E-state index contributed by atoms with van der Waals surface area (Å²) in [5, 5.41) is 13.7. The Labute approximate surface area is 374 Å². The van der Waals surface area contributed by atoms with Gasteiger partial charge in [0.25, 0.3) is 0 Å². The second kappa shape index (κ2) is 43.7. The van der Waals surface area contributed by atoms with Crippen LogP contribution in [0.15, 0.2) is 0 Å². The molecule has 60 heavy (non-hydrogen) atoms. The zero-order chi connectivity index (χ0) is 44.3. The molecule has 0 aliphatic carbocycles. The number of carbonyl (C=O) groups is 1. The first-order valence-corrected chi connectivity index (χ1v) is 27.9. The Morgan fingerprint density at radius 2 is 0.800 bits per heavy atom. The summed E-state index contributed by atoms with van der Waals surface area (Å²) in [7, 11) is 1.62. The minimum atomic E-state index is -4.29. The SMILES string of the molecule is CCCCCCCCCCCCCCCCCCCCCCCCCCCCCCCCCCCCC(=O)NC(COP(=O)(O)OCC[N+](C)(C)C)C(O)CCCCCC. The largest absolute Gasteiger partial charge is 0.472 e. The molecule has 0 rings (SSSR count). The third-order valence-electron chi connectivity index (χ3n) is 12.4. The topological polar surface area (TPSA) is 105 Å². The Balaban J connectivity index is 3.65. The van der Waals surface area contributed by atoms with Gasteiger partial charge in [-0.2, -0.15) is 0 Å². The van der Waals surface area contributed by atoms with Gasteiger partial charge >= 0.3 is 7.82 Å². The number of amides is 1. The van der Waals surface area contributed by atoms with Crippen molar-refractivity contribution in [1.29, 1.82) is 0 Å². The lowest BCUT2D eigenvalue weighted by atomic mass is 10.0. The predicted molar refractivity (Wildman–Crippen MR) is 259 cm³/mol. The molecule has 0 aromatic rings. The molecule has 0 radical (unpaired) electrons. The van der Waals surface area contributed by atoms with Gasteiger partial charge in [-0.25, -0.2) is 4.57 Å². The number of quaternary nitrogens is 1. The number of nitrogens with zero attached hydrogens (tertiary/aromatic N) is 1. The van der Waals surface area contributed by atoms with Gasteiger partial charge in [0.15, 0.2) is 0 Å². The molecule has 0 heterocycles. The summed E-state index contributed by atoms with van der Waals surface area (Å²) in [5.41, 5.74) is 0. The molecule has 3 N–H and O–H groups in total. The molecule has 0 fully saturated rings. The molecule has 3 atom stereocenters. The zero-order valence-electron chi connectivity index (χ0n) is 41.0. The fraction of sp³-hybridized carbons (Fsp3) is 0.980. The smallest absolute Gasteiger partial charge is 0.391 e. The number of aliphatic hydroxyl groups excluding tert-OH is 1. The van der Waals surface area contributed by atoms with Crippen molar-refractivity contribution in [2.75, 3.05) is 40.9 Å². The van der Waals surface area contributed by atoms with Crippen LogP contribution >= 0.6 is 7.82 Å². The maximum absolute atomic E-state index is 12.8. The molecule has 0 aromatic carbocycles. The van der Waals surface area contributed by atoms with Gasteiger partial charge < -0.3 is 19.8 Å². The summed E-state index contributed by atoms with van der Waals surface area (Å²) >= 11 is 0. The number of likely N-dealkylation sites (N-methyl/N-ethyl adjacent to an activating group) is 1. The van der Waals surface area contributed by atoms with Crippen molar-refractivity contribution in [3.8, 4) is 0 Å². The van der Waals surface area contributed by atoms with E-state index < -0.39 is 20.0 Å². The van der Waals surface area contributed by atoms with Crippen molar-refractivity contribution in [1.82, 2.24) is 5.32 Å². The van der Waals surface area contributed by atoms with Crippen LogP contribution in [0.2, 0.25) is 0 Å². The lowest BCUT2D eigenvalue weighted by Crippen LogP contribution is -2.46. The quantitative estimate of drug-likeness (QED) is 0.0319. The van der Waals surface area contributed by atoms with Crippen molar-refractivity contribution in [2.45, 2.75) is 283 Å². The van der Waals surface area contributed by atoms with Crippen molar-refractivity contribution in [2.24, 2.45) is 0 Å². The normalized spacial score (nSPS) is 14.1. The van der Waals surface area contributed by atoms with Gasteiger partial charge in [-0.05, 0) is 12.8 Å². The summed E-state index contributed by atoms with van der Waals surface area (Å²) in [6.45, 7) is 4.80. The molecule has 0 aromatic heterocycles. The summed E-state index contributed by atoms with van der Waals surface area (Å²) in [6, 6.07) is -0.750. The van der Waals surface area contributed by atoms with Gasteiger partial charge in [0.2, 0.25) is 5.91 Å². The van der Waals surface area contributed by atoms with Crippen molar-refractivity contribution < 1.29 is 32.9 Å². The van der Waals surface area contributed by atoms with E-state index in [1.54, 1.807) is 0 Å². The van der Waals surface area contributed by atoms with Crippen LogP contribution in [0.4, 0.5) is 0 Å². The third kappa shape index (κ3) is 45.5. The number of unbranched alkanes of at least 4 members (excludes halogenated alkanes) is 36. The third-order valence-corrected chi connectivity index (χ3v) is 13.3. The molecular formula is C51H106N2O6P+. The number of rotatable bonds is 49. The van der Waals surface area contributed by atoms with E-state index >= 15 is 0 Å². The highest BCUT2D eigenvalue weighted by atomic mass is 31.2. The number of aliphatic hydroxyl groups is 1. The number of phosphoric acid groups is 1. The van der Waals surface area contributed by atoms with Crippen LogP contribution in [0.3, 0.4) is 0 Å². The average Bonchev–Trinajstić information content (AvgIpc) is 3.20. The summed E-state index contributed by atoms with van der Waals surface area (Å²) in [4.78, 5) is 22.9. The first kappa shape index (κ1) is 59.5. The van der Waals surface area contributed by atoms with Crippen LogP contribution in [0.25, 0.3) is 0 Å².